The Hall–Kier alpha value is -2.32. The van der Waals surface area contributed by atoms with Gasteiger partial charge in [0, 0.05) is 39.4 Å². The van der Waals surface area contributed by atoms with E-state index in [9.17, 15) is 13.2 Å². The molecule has 0 spiro atoms. The van der Waals surface area contributed by atoms with Crippen LogP contribution in [0.5, 0.6) is 5.75 Å². The van der Waals surface area contributed by atoms with Crippen LogP contribution in [0, 0.1) is 0 Å². The van der Waals surface area contributed by atoms with Crippen LogP contribution >= 0.6 is 23.7 Å². The van der Waals surface area contributed by atoms with Crippen molar-refractivity contribution in [3.63, 3.8) is 0 Å². The van der Waals surface area contributed by atoms with E-state index in [2.05, 4.69) is 4.90 Å². The summed E-state index contributed by atoms with van der Waals surface area (Å²) in [5, 5.41) is 0.587. The van der Waals surface area contributed by atoms with Crippen LogP contribution in [0.2, 0.25) is 0 Å². The number of hydrogen-bond donors (Lipinski definition) is 0. The maximum atomic E-state index is 13.7. The molecule has 0 saturated carbocycles. The summed E-state index contributed by atoms with van der Waals surface area (Å²) in [7, 11) is 3.23. The van der Waals surface area contributed by atoms with Crippen LogP contribution in [0.15, 0.2) is 47.4 Å². The number of methoxy groups -OCH3 is 2. The second-order valence-electron chi connectivity index (χ2n) is 9.09. The molecule has 0 atom stereocenters. The van der Waals surface area contributed by atoms with Crippen LogP contribution in [-0.2, 0) is 19.5 Å². The maximum absolute atomic E-state index is 13.7. The number of ether oxygens (including phenoxy) is 3. The lowest BCUT2D eigenvalue weighted by Gasteiger charge is -2.22. The number of halogens is 1. The first kappa shape index (κ1) is 33.9. The van der Waals surface area contributed by atoms with Crippen LogP contribution in [0.3, 0.4) is 0 Å². The molecule has 0 radical (unpaired) electrons. The highest BCUT2D eigenvalue weighted by Gasteiger charge is 2.26. The number of amides is 1. The summed E-state index contributed by atoms with van der Waals surface area (Å²) in [5.74, 6) is 0.518. The van der Waals surface area contributed by atoms with Crippen molar-refractivity contribution in [2.75, 3.05) is 79.2 Å². The molecule has 0 aliphatic heterocycles. The fourth-order valence-electron chi connectivity index (χ4n) is 3.91. The van der Waals surface area contributed by atoms with Crippen molar-refractivity contribution in [1.29, 1.82) is 0 Å². The van der Waals surface area contributed by atoms with Gasteiger partial charge in [-0.3, -0.25) is 9.69 Å². The largest absolute Gasteiger partial charge is 0.494 e. The molecule has 222 valence electrons. The van der Waals surface area contributed by atoms with Crippen molar-refractivity contribution in [1.82, 2.24) is 14.2 Å². The molecule has 0 saturated heterocycles. The third-order valence-corrected chi connectivity index (χ3v) is 8.91. The zero-order valence-electron chi connectivity index (χ0n) is 23.7. The third-order valence-electron chi connectivity index (χ3n) is 5.95. The van der Waals surface area contributed by atoms with Crippen molar-refractivity contribution in [3.8, 4) is 5.75 Å². The molecular formula is C27H39ClN4O6S2. The second kappa shape index (κ2) is 16.2. The van der Waals surface area contributed by atoms with Gasteiger partial charge in [0.15, 0.2) is 5.13 Å². The molecule has 1 heterocycles. The smallest absolute Gasteiger partial charge is 0.260 e. The van der Waals surface area contributed by atoms with Crippen molar-refractivity contribution in [3.05, 3.63) is 48.0 Å². The monoisotopic (exact) mass is 614 g/mol. The zero-order chi connectivity index (χ0) is 28.4. The molecule has 0 bridgehead atoms. The topological polar surface area (TPSA) is 102 Å². The lowest BCUT2D eigenvalue weighted by molar-refractivity contribution is 0.0986. The van der Waals surface area contributed by atoms with E-state index in [1.54, 1.807) is 17.0 Å². The SMILES string of the molecule is CCOc1ccc2nc(N(CCCN(C)C)C(=O)c3ccc(S(=O)(=O)N(CCOC)CCOC)cc3)sc2c1.Cl. The number of fused-ring (bicyclic) bond motifs is 1. The molecule has 3 aromatic rings. The Balaban J connectivity index is 0.00000560. The van der Waals surface area contributed by atoms with E-state index < -0.39 is 10.0 Å². The van der Waals surface area contributed by atoms with Gasteiger partial charge in [0.25, 0.3) is 5.91 Å². The number of hydrogen-bond acceptors (Lipinski definition) is 9. The molecule has 0 N–H and O–H groups in total. The highest BCUT2D eigenvalue weighted by Crippen LogP contribution is 2.32. The zero-order valence-corrected chi connectivity index (χ0v) is 26.1. The first-order valence-electron chi connectivity index (χ1n) is 12.8. The second-order valence-corrected chi connectivity index (χ2v) is 12.0. The average Bonchev–Trinajstić information content (AvgIpc) is 3.34. The summed E-state index contributed by atoms with van der Waals surface area (Å²) in [5.41, 5.74) is 1.17. The Kier molecular flexibility index (Phi) is 13.7. The van der Waals surface area contributed by atoms with Crippen molar-refractivity contribution < 1.29 is 27.4 Å². The van der Waals surface area contributed by atoms with Gasteiger partial charge in [-0.1, -0.05) is 11.3 Å². The minimum absolute atomic E-state index is 0. The van der Waals surface area contributed by atoms with E-state index in [4.69, 9.17) is 19.2 Å². The van der Waals surface area contributed by atoms with Gasteiger partial charge < -0.3 is 19.1 Å². The molecule has 1 aromatic heterocycles. The number of carbonyl (C=O) groups excluding carboxylic acids is 1. The summed E-state index contributed by atoms with van der Waals surface area (Å²) in [6, 6.07) is 11.7. The molecule has 2 aromatic carbocycles. The number of benzene rings is 2. The van der Waals surface area contributed by atoms with Gasteiger partial charge in [0.05, 0.1) is 34.9 Å². The van der Waals surface area contributed by atoms with Gasteiger partial charge in [-0.2, -0.15) is 4.31 Å². The molecule has 40 heavy (non-hydrogen) atoms. The fraction of sp³-hybridized carbons (Fsp3) is 0.481. The third kappa shape index (κ3) is 8.84. The number of rotatable bonds is 16. The maximum Gasteiger partial charge on any atom is 0.260 e. The van der Waals surface area contributed by atoms with E-state index in [0.717, 1.165) is 28.9 Å². The minimum Gasteiger partial charge on any atom is -0.494 e. The normalized spacial score (nSPS) is 11.7. The Labute approximate surface area is 247 Å². The summed E-state index contributed by atoms with van der Waals surface area (Å²) in [4.78, 5) is 22.3. The lowest BCUT2D eigenvalue weighted by atomic mass is 10.2. The first-order valence-corrected chi connectivity index (χ1v) is 15.0. The Morgan fingerprint density at radius 1 is 0.950 bits per heavy atom. The summed E-state index contributed by atoms with van der Waals surface area (Å²) < 4.78 is 44.5. The number of sulfonamides is 1. The van der Waals surface area contributed by atoms with Gasteiger partial charge >= 0.3 is 0 Å². The Bertz CT molecular complexity index is 1310. The van der Waals surface area contributed by atoms with Crippen LogP contribution in [0.4, 0.5) is 5.13 Å². The average molecular weight is 615 g/mol. The summed E-state index contributed by atoms with van der Waals surface area (Å²) in [6.07, 6.45) is 0.749. The van der Waals surface area contributed by atoms with Crippen LogP contribution in [0.1, 0.15) is 23.7 Å². The predicted octanol–water partition coefficient (Wildman–Crippen LogP) is 4.00. The molecule has 0 aliphatic rings. The number of aromatic nitrogens is 1. The van der Waals surface area contributed by atoms with Gasteiger partial charge in [-0.15, -0.1) is 12.4 Å². The minimum atomic E-state index is -3.79. The molecule has 10 nitrogen and oxygen atoms in total. The summed E-state index contributed by atoms with van der Waals surface area (Å²) in [6.45, 7) is 4.69. The molecule has 0 fully saturated rings. The highest BCUT2D eigenvalue weighted by atomic mass is 35.5. The van der Waals surface area contributed by atoms with Crippen molar-refractivity contribution in [2.24, 2.45) is 0 Å². The van der Waals surface area contributed by atoms with E-state index in [-0.39, 0.29) is 49.5 Å². The van der Waals surface area contributed by atoms with E-state index in [0.29, 0.717) is 23.8 Å². The fourth-order valence-corrected chi connectivity index (χ4v) is 6.33. The van der Waals surface area contributed by atoms with Gasteiger partial charge in [0.2, 0.25) is 10.0 Å². The van der Waals surface area contributed by atoms with Crippen LogP contribution < -0.4 is 9.64 Å². The van der Waals surface area contributed by atoms with Gasteiger partial charge in [0.1, 0.15) is 5.75 Å². The van der Waals surface area contributed by atoms with Gasteiger partial charge in [-0.25, -0.2) is 13.4 Å². The molecule has 0 unspecified atom stereocenters. The number of carbonyl (C=O) groups is 1. The predicted molar refractivity (Wildman–Crippen MR) is 162 cm³/mol. The molecule has 0 aliphatic carbocycles. The Morgan fingerprint density at radius 2 is 1.60 bits per heavy atom. The molecule has 1 amide bonds. The quantitative estimate of drug-likeness (QED) is 0.239. The van der Waals surface area contributed by atoms with Crippen LogP contribution in [0.25, 0.3) is 10.2 Å². The van der Waals surface area contributed by atoms with Gasteiger partial charge in [-0.05, 0) is 76.4 Å². The van der Waals surface area contributed by atoms with E-state index in [1.165, 1.54) is 42.0 Å². The Morgan fingerprint density at radius 3 is 2.17 bits per heavy atom. The van der Waals surface area contributed by atoms with Crippen LogP contribution in [-0.4, -0.2) is 103 Å². The molecular weight excluding hydrogens is 576 g/mol. The van der Waals surface area contributed by atoms with E-state index >= 15 is 0 Å². The summed E-state index contributed by atoms with van der Waals surface area (Å²) >= 11 is 1.43. The molecule has 3 rings (SSSR count). The van der Waals surface area contributed by atoms with E-state index in [1.807, 2.05) is 39.2 Å². The lowest BCUT2D eigenvalue weighted by Crippen LogP contribution is -2.36. The number of thiazole rings is 1. The molecule has 13 heteroatoms. The first-order chi connectivity index (χ1) is 18.7. The van der Waals surface area contributed by atoms with Crippen molar-refractivity contribution >= 4 is 55.0 Å². The standard InChI is InChI=1S/C27H38N4O6S2.ClH/c1-6-37-22-10-13-24-25(20-22)38-27(28-24)31(15-7-14-29(2)3)26(32)21-8-11-23(12-9-21)39(33,34)30(16-18-35-4)17-19-36-5;/h8-13,20H,6-7,14-19H2,1-5H3;1H. The number of anilines is 1. The highest BCUT2D eigenvalue weighted by molar-refractivity contribution is 7.89. The van der Waals surface area contributed by atoms with Crippen molar-refractivity contribution in [2.45, 2.75) is 18.2 Å². The number of nitrogens with zero attached hydrogens (tertiary/aromatic N) is 4.